The Morgan fingerprint density at radius 2 is 2.03 bits per heavy atom. The highest BCUT2D eigenvalue weighted by atomic mass is 35.5. The Kier molecular flexibility index (Phi) is 5.25. The van der Waals surface area contributed by atoms with Crippen molar-refractivity contribution in [3.05, 3.63) is 70.8 Å². The van der Waals surface area contributed by atoms with E-state index >= 15 is 0 Å². The maximum atomic E-state index is 13.9. The van der Waals surface area contributed by atoms with Gasteiger partial charge >= 0.3 is 0 Å². The molecule has 5 rings (SSSR count). The Bertz CT molecular complexity index is 1380. The molecule has 0 aliphatic heterocycles. The van der Waals surface area contributed by atoms with Gasteiger partial charge in [0.05, 0.1) is 18.0 Å². The lowest BCUT2D eigenvalue weighted by Crippen LogP contribution is -2.13. The first kappa shape index (κ1) is 21.3. The third-order valence-electron chi connectivity index (χ3n) is 5.68. The third kappa shape index (κ3) is 4.39. The average molecular weight is 466 g/mol. The zero-order valence-electron chi connectivity index (χ0n) is 17.9. The van der Waals surface area contributed by atoms with Gasteiger partial charge in [-0.15, -0.1) is 0 Å². The second kappa shape index (κ2) is 8.12. The molecule has 1 fully saturated rings. The van der Waals surface area contributed by atoms with Gasteiger partial charge in [0.15, 0.2) is 11.2 Å². The van der Waals surface area contributed by atoms with Crippen molar-refractivity contribution >= 4 is 28.7 Å². The molecule has 0 bridgehead atoms. The molecule has 1 aliphatic carbocycles. The van der Waals surface area contributed by atoms with Crippen LogP contribution < -0.4 is 10.5 Å². The Hall–Kier alpha value is -3.52. The van der Waals surface area contributed by atoms with Crippen LogP contribution in [0.3, 0.4) is 0 Å². The zero-order chi connectivity index (χ0) is 23.2. The summed E-state index contributed by atoms with van der Waals surface area (Å²) in [4.78, 5) is 24.9. The lowest BCUT2D eigenvalue weighted by Gasteiger charge is -2.12. The highest BCUT2D eigenvalue weighted by Crippen LogP contribution is 2.41. The van der Waals surface area contributed by atoms with Crippen LogP contribution in [0.15, 0.2) is 48.8 Å². The van der Waals surface area contributed by atoms with Gasteiger partial charge in [0.2, 0.25) is 11.8 Å². The average Bonchev–Trinajstić information content (AvgIpc) is 3.37. The maximum Gasteiger partial charge on any atom is 0.245 e. The maximum absolute atomic E-state index is 13.9. The fourth-order valence-electron chi connectivity index (χ4n) is 3.73. The minimum Gasteiger partial charge on any atom is -0.470 e. The highest BCUT2D eigenvalue weighted by Gasteiger charge is 2.41. The number of halogens is 2. The quantitative estimate of drug-likeness (QED) is 0.439. The number of hydrogen-bond acceptors (Lipinski definition) is 5. The molecule has 2 aromatic carbocycles. The van der Waals surface area contributed by atoms with Crippen molar-refractivity contribution in [1.29, 1.82) is 0 Å². The fourth-order valence-corrected chi connectivity index (χ4v) is 4.01. The van der Waals surface area contributed by atoms with Gasteiger partial charge in [-0.1, -0.05) is 29.8 Å². The lowest BCUT2D eigenvalue weighted by molar-refractivity contribution is -0.117. The molecule has 4 aromatic rings. The molecule has 1 saturated carbocycles. The normalized spacial score (nSPS) is 14.4. The van der Waals surface area contributed by atoms with Crippen LogP contribution in [-0.4, -0.2) is 31.0 Å². The molecule has 0 spiro atoms. The first-order valence-electron chi connectivity index (χ1n) is 10.5. The monoisotopic (exact) mass is 465 g/mol. The Balaban J connectivity index is 1.66. The second-order valence-corrected chi connectivity index (χ2v) is 8.92. The number of primary amides is 1. The predicted molar refractivity (Wildman–Crippen MR) is 122 cm³/mol. The van der Waals surface area contributed by atoms with Crippen LogP contribution in [0.25, 0.3) is 22.6 Å². The summed E-state index contributed by atoms with van der Waals surface area (Å²) in [5, 5.41) is 0.411. The summed E-state index contributed by atoms with van der Waals surface area (Å²) in [5.41, 5.74) is 8.22. The first-order valence-corrected chi connectivity index (χ1v) is 10.9. The van der Waals surface area contributed by atoms with Crippen molar-refractivity contribution in [1.82, 2.24) is 19.5 Å². The summed E-state index contributed by atoms with van der Waals surface area (Å²) in [7, 11) is 0. The number of fused-ring (bicyclic) bond motifs is 1. The first-order chi connectivity index (χ1) is 15.8. The van der Waals surface area contributed by atoms with Gasteiger partial charge in [-0.05, 0) is 55.2 Å². The number of rotatable bonds is 7. The molecular weight excluding hydrogens is 445 g/mol. The molecule has 7 nitrogen and oxygen atoms in total. The third-order valence-corrected chi connectivity index (χ3v) is 5.99. The highest BCUT2D eigenvalue weighted by molar-refractivity contribution is 6.33. The molecule has 0 radical (unpaired) electrons. The van der Waals surface area contributed by atoms with Crippen molar-refractivity contribution in [3.8, 4) is 17.3 Å². The SMILES string of the molecule is CC1(Oc2ncnc3c2nc(-c2ccc(CC(N)=O)cc2Cl)n3Cc2cccc(F)c2)CC1. The number of ether oxygens (including phenoxy) is 1. The summed E-state index contributed by atoms with van der Waals surface area (Å²) in [6, 6.07) is 11.6. The molecule has 168 valence electrons. The number of carbonyl (C=O) groups is 1. The number of aromatic nitrogens is 4. The van der Waals surface area contributed by atoms with Crippen molar-refractivity contribution in [2.24, 2.45) is 5.73 Å². The van der Waals surface area contributed by atoms with E-state index in [1.165, 1.54) is 18.5 Å². The molecular formula is C24H21ClFN5O2. The van der Waals surface area contributed by atoms with E-state index in [0.717, 1.165) is 18.4 Å². The van der Waals surface area contributed by atoms with Crippen LogP contribution in [0.2, 0.25) is 5.02 Å². The van der Waals surface area contributed by atoms with E-state index in [1.807, 2.05) is 17.6 Å². The van der Waals surface area contributed by atoms with Gasteiger partial charge in [-0.25, -0.2) is 14.4 Å². The summed E-state index contributed by atoms with van der Waals surface area (Å²) in [6.45, 7) is 2.34. The van der Waals surface area contributed by atoms with Gasteiger partial charge in [0, 0.05) is 5.56 Å². The van der Waals surface area contributed by atoms with Gasteiger partial charge in [0.1, 0.15) is 23.6 Å². The molecule has 0 atom stereocenters. The number of carbonyl (C=O) groups excluding carboxylic acids is 1. The van der Waals surface area contributed by atoms with Gasteiger partial charge in [-0.3, -0.25) is 4.79 Å². The van der Waals surface area contributed by atoms with Crippen LogP contribution in [0, 0.1) is 5.82 Å². The molecule has 9 heteroatoms. The number of amides is 1. The van der Waals surface area contributed by atoms with Crippen molar-refractivity contribution < 1.29 is 13.9 Å². The number of imidazole rings is 1. The molecule has 33 heavy (non-hydrogen) atoms. The van der Waals surface area contributed by atoms with E-state index in [1.54, 1.807) is 24.3 Å². The zero-order valence-corrected chi connectivity index (χ0v) is 18.6. The summed E-state index contributed by atoms with van der Waals surface area (Å²) in [5.74, 6) is 0.173. The van der Waals surface area contributed by atoms with Crippen LogP contribution in [0.5, 0.6) is 5.88 Å². The minimum absolute atomic E-state index is 0.0851. The molecule has 0 unspecified atom stereocenters. The van der Waals surface area contributed by atoms with Crippen LogP contribution in [0.4, 0.5) is 4.39 Å². The van der Waals surface area contributed by atoms with Crippen molar-refractivity contribution in [3.63, 3.8) is 0 Å². The summed E-state index contributed by atoms with van der Waals surface area (Å²) < 4.78 is 21.9. The second-order valence-electron chi connectivity index (χ2n) is 8.51. The lowest BCUT2D eigenvalue weighted by atomic mass is 10.1. The number of hydrogen-bond donors (Lipinski definition) is 1. The molecule has 2 heterocycles. The molecule has 2 N–H and O–H groups in total. The molecule has 1 amide bonds. The van der Waals surface area contributed by atoms with E-state index in [2.05, 4.69) is 9.97 Å². The Labute approximate surface area is 194 Å². The van der Waals surface area contributed by atoms with E-state index in [0.29, 0.717) is 45.6 Å². The van der Waals surface area contributed by atoms with Gasteiger partial charge < -0.3 is 15.0 Å². The van der Waals surface area contributed by atoms with Gasteiger partial charge in [0.25, 0.3) is 0 Å². The fraction of sp³-hybridized carbons (Fsp3) is 0.250. The molecule has 1 aliphatic rings. The van der Waals surface area contributed by atoms with Crippen LogP contribution in [0.1, 0.15) is 30.9 Å². The Morgan fingerprint density at radius 1 is 1.21 bits per heavy atom. The largest absolute Gasteiger partial charge is 0.470 e. The van der Waals surface area contributed by atoms with Crippen LogP contribution >= 0.6 is 11.6 Å². The van der Waals surface area contributed by atoms with E-state index < -0.39 is 5.91 Å². The van der Waals surface area contributed by atoms with Crippen LogP contribution in [-0.2, 0) is 17.8 Å². The van der Waals surface area contributed by atoms with Crippen molar-refractivity contribution in [2.45, 2.75) is 38.3 Å². The Morgan fingerprint density at radius 3 is 2.73 bits per heavy atom. The molecule has 0 saturated heterocycles. The van der Waals surface area contributed by atoms with E-state index in [4.69, 9.17) is 27.1 Å². The van der Waals surface area contributed by atoms with Gasteiger partial charge in [-0.2, -0.15) is 4.98 Å². The number of benzene rings is 2. The summed E-state index contributed by atoms with van der Waals surface area (Å²) >= 11 is 6.60. The smallest absolute Gasteiger partial charge is 0.245 e. The number of nitrogens with two attached hydrogens (primary N) is 1. The van der Waals surface area contributed by atoms with Crippen molar-refractivity contribution in [2.75, 3.05) is 0 Å². The summed E-state index contributed by atoms with van der Waals surface area (Å²) in [6.07, 6.45) is 3.42. The topological polar surface area (TPSA) is 95.9 Å². The minimum atomic E-state index is -0.442. The van der Waals surface area contributed by atoms with E-state index in [-0.39, 0.29) is 17.8 Å². The molecule has 2 aromatic heterocycles. The predicted octanol–water partition coefficient (Wildman–Crippen LogP) is 4.29. The van der Waals surface area contributed by atoms with E-state index in [9.17, 15) is 9.18 Å². The number of nitrogens with zero attached hydrogens (tertiary/aromatic N) is 4. The standard InChI is InChI=1S/C24H21ClFN5O2/c1-24(7-8-24)33-23-20-22(28-13-29-23)31(12-15-3-2-4-16(26)9-15)21(30-20)17-6-5-14(10-18(17)25)11-19(27)32/h2-6,9-10,13H,7-8,11-12H2,1H3,(H2,27,32).